The summed E-state index contributed by atoms with van der Waals surface area (Å²) in [5.74, 6) is -1.65. The number of carbonyl (C=O) groups excluding carboxylic acids is 3. The van der Waals surface area contributed by atoms with Gasteiger partial charge in [0.1, 0.15) is 11.6 Å². The number of amides is 3. The van der Waals surface area contributed by atoms with E-state index in [-0.39, 0.29) is 51.9 Å². The molecule has 1 fully saturated rings. The second-order valence-electron chi connectivity index (χ2n) is 9.02. The molecule has 0 spiro atoms. The molecule has 0 unspecified atom stereocenters. The van der Waals surface area contributed by atoms with Crippen LogP contribution < -0.4 is 26.0 Å². The topological polar surface area (TPSA) is 152 Å². The van der Waals surface area contributed by atoms with Gasteiger partial charge in [-0.3, -0.25) is 19.1 Å². The van der Waals surface area contributed by atoms with Crippen molar-refractivity contribution in [1.82, 2.24) is 25.3 Å². The van der Waals surface area contributed by atoms with Crippen molar-refractivity contribution in [3.05, 3.63) is 35.8 Å². The Bertz CT molecular complexity index is 1460. The van der Waals surface area contributed by atoms with Gasteiger partial charge in [-0.2, -0.15) is 5.10 Å². The lowest BCUT2D eigenvalue weighted by Gasteiger charge is -2.23. The van der Waals surface area contributed by atoms with E-state index >= 15 is 0 Å². The highest BCUT2D eigenvalue weighted by atomic mass is 19.1. The van der Waals surface area contributed by atoms with Gasteiger partial charge in [0.25, 0.3) is 5.91 Å². The summed E-state index contributed by atoms with van der Waals surface area (Å²) < 4.78 is 21.9. The number of hydrogen-bond acceptors (Lipinski definition) is 8. The highest BCUT2D eigenvalue weighted by molar-refractivity contribution is 6.60. The van der Waals surface area contributed by atoms with Gasteiger partial charge in [0.05, 0.1) is 47.7 Å². The van der Waals surface area contributed by atoms with Crippen molar-refractivity contribution in [3.63, 3.8) is 0 Å². The van der Waals surface area contributed by atoms with Gasteiger partial charge in [-0.1, -0.05) is 5.24 Å². The summed E-state index contributed by atoms with van der Waals surface area (Å²) in [6.45, 7) is 1.35. The molecule has 0 atom stereocenters. The van der Waals surface area contributed by atoms with Gasteiger partial charge >= 0.3 is 0 Å². The fourth-order valence-electron chi connectivity index (χ4n) is 3.68. The Balaban J connectivity index is 1.77. The molecule has 39 heavy (non-hydrogen) atoms. The Hall–Kier alpha value is -4.36. The number of aromatic nitrogens is 4. The lowest BCUT2D eigenvalue weighted by atomic mass is 9.49. The van der Waals surface area contributed by atoms with E-state index in [1.54, 1.807) is 13.1 Å². The normalized spacial score (nSPS) is 12.9. The first-order chi connectivity index (χ1) is 18.3. The van der Waals surface area contributed by atoms with E-state index in [0.29, 0.717) is 11.5 Å². The van der Waals surface area contributed by atoms with E-state index in [2.05, 4.69) is 36.6 Å². The zero-order chi connectivity index (χ0) is 28.5. The van der Waals surface area contributed by atoms with E-state index in [0.717, 1.165) is 18.9 Å². The smallest absolute Gasteiger partial charge is 0.272 e. The van der Waals surface area contributed by atoms with Crippen molar-refractivity contribution in [3.8, 4) is 17.0 Å². The third-order valence-corrected chi connectivity index (χ3v) is 5.53. The van der Waals surface area contributed by atoms with Gasteiger partial charge in [-0.05, 0) is 18.9 Å². The van der Waals surface area contributed by atoms with Crippen LogP contribution in [0.15, 0.2) is 24.3 Å². The van der Waals surface area contributed by atoms with Gasteiger partial charge in [-0.25, -0.2) is 4.39 Å². The third kappa shape index (κ3) is 6.75. The average Bonchev–Trinajstić information content (AvgIpc) is 3.61. The summed E-state index contributed by atoms with van der Waals surface area (Å²) in [7, 11) is 19.5. The van der Waals surface area contributed by atoms with Crippen molar-refractivity contribution in [2.75, 3.05) is 23.1 Å². The number of ether oxygens (including phenoxy) is 1. The van der Waals surface area contributed by atoms with Crippen LogP contribution in [0.2, 0.25) is 0 Å². The molecule has 0 bridgehead atoms. The highest BCUT2D eigenvalue weighted by Crippen LogP contribution is 2.40. The number of aryl methyl sites for hydroxylation is 1. The molecule has 2 aromatic heterocycles. The number of nitrogens with one attached hydrogen (secondary N) is 4. The molecule has 1 saturated carbocycles. The molecule has 2 heterocycles. The van der Waals surface area contributed by atoms with Crippen LogP contribution in [-0.4, -0.2) is 73.6 Å². The van der Waals surface area contributed by atoms with Gasteiger partial charge < -0.3 is 26.0 Å². The Morgan fingerprint density at radius 2 is 1.79 bits per heavy atom. The summed E-state index contributed by atoms with van der Waals surface area (Å²) in [6.07, 6.45) is 1.52. The number of benzene rings is 1. The van der Waals surface area contributed by atoms with E-state index < -0.39 is 17.0 Å². The zero-order valence-electron chi connectivity index (χ0n) is 21.3. The van der Waals surface area contributed by atoms with E-state index in [9.17, 15) is 18.8 Å². The van der Waals surface area contributed by atoms with Crippen LogP contribution in [0, 0.1) is 11.7 Å². The lowest BCUT2D eigenvalue weighted by Crippen LogP contribution is -2.50. The fraction of sp³-hybridized carbons (Fsp3) is 0.304. The summed E-state index contributed by atoms with van der Waals surface area (Å²) in [4.78, 5) is 36.6. The second-order valence-corrected chi connectivity index (χ2v) is 9.02. The summed E-state index contributed by atoms with van der Waals surface area (Å²) in [5.41, 5.74) is 0.326. The van der Waals surface area contributed by atoms with Crippen LogP contribution in [0.4, 0.5) is 27.4 Å². The largest absolute Gasteiger partial charge is 0.494 e. The van der Waals surface area contributed by atoms with Crippen LogP contribution in [0.5, 0.6) is 5.75 Å². The fourth-order valence-corrected chi connectivity index (χ4v) is 3.68. The number of halogens is 1. The molecule has 0 aliphatic heterocycles. The number of methoxy groups -OCH3 is 1. The van der Waals surface area contributed by atoms with Gasteiger partial charge in [0.2, 0.25) is 11.8 Å². The molecule has 4 N–H and O–H groups in total. The molecule has 1 aromatic carbocycles. The highest BCUT2D eigenvalue weighted by Gasteiger charge is 2.30. The van der Waals surface area contributed by atoms with Crippen molar-refractivity contribution < 1.29 is 23.5 Å². The minimum atomic E-state index is -2.07. The number of carbonyl (C=O) groups is 3. The quantitative estimate of drug-likeness (QED) is 0.301. The van der Waals surface area contributed by atoms with Crippen molar-refractivity contribution in [1.29, 1.82) is 0 Å². The summed E-state index contributed by atoms with van der Waals surface area (Å²) in [6, 6.07) is 5.22. The maximum Gasteiger partial charge on any atom is 0.272 e. The van der Waals surface area contributed by atoms with Crippen LogP contribution in [0.3, 0.4) is 0 Å². The predicted molar refractivity (Wildman–Crippen MR) is 144 cm³/mol. The van der Waals surface area contributed by atoms with E-state index in [4.69, 9.17) is 28.3 Å². The molecule has 0 saturated heterocycles. The number of hydrogen-bond donors (Lipinski definition) is 4. The van der Waals surface area contributed by atoms with Crippen LogP contribution >= 0.6 is 0 Å². The second kappa shape index (κ2) is 10.8. The molecule has 4 rings (SSSR count). The average molecular weight is 526 g/mol. The number of rotatable bonds is 9. The molecule has 6 radical (unpaired) electrons. The Kier molecular flexibility index (Phi) is 7.66. The van der Waals surface area contributed by atoms with Crippen molar-refractivity contribution >= 4 is 64.3 Å². The van der Waals surface area contributed by atoms with Crippen molar-refractivity contribution in [2.24, 2.45) is 13.0 Å². The van der Waals surface area contributed by atoms with Crippen LogP contribution in [0.25, 0.3) is 11.3 Å². The third-order valence-electron chi connectivity index (χ3n) is 5.53. The Morgan fingerprint density at radius 1 is 1.08 bits per heavy atom. The molecule has 12 nitrogen and oxygen atoms in total. The predicted octanol–water partition coefficient (Wildman–Crippen LogP) is 0.922. The summed E-state index contributed by atoms with van der Waals surface area (Å²) in [5, 5.41) is 20.4. The Labute approximate surface area is 227 Å². The lowest BCUT2D eigenvalue weighted by molar-refractivity contribution is -0.117. The zero-order valence-corrected chi connectivity index (χ0v) is 21.3. The van der Waals surface area contributed by atoms with Crippen molar-refractivity contribution in [2.45, 2.75) is 25.0 Å². The molecule has 16 heteroatoms. The molecule has 1 aliphatic carbocycles. The molecule has 3 amide bonds. The van der Waals surface area contributed by atoms with Crippen LogP contribution in [0.1, 0.15) is 30.3 Å². The molecular weight excluding hydrogens is 504 g/mol. The maximum atomic E-state index is 14.9. The van der Waals surface area contributed by atoms with E-state index in [1.165, 1.54) is 30.8 Å². The van der Waals surface area contributed by atoms with Gasteiger partial charge in [0, 0.05) is 43.7 Å². The maximum absolute atomic E-state index is 14.9. The van der Waals surface area contributed by atoms with Gasteiger partial charge in [0.15, 0.2) is 17.3 Å². The minimum absolute atomic E-state index is 0.00709. The van der Waals surface area contributed by atoms with E-state index in [1.807, 2.05) is 0 Å². The number of anilines is 4. The van der Waals surface area contributed by atoms with Crippen LogP contribution in [-0.2, 0) is 16.6 Å². The monoisotopic (exact) mass is 526 g/mol. The first-order valence-electron chi connectivity index (χ1n) is 11.7. The SMILES string of the molecule is [B]C([B])([B])NC(=O)c1nnc(NC(=O)C2CC2)cc1Nc1cc(F)cc(-c2cc(NC(C)=O)n(C)n2)c1OC. The first kappa shape index (κ1) is 27.7. The standard InChI is InChI=1S/C23H22B3FN8O4/c1-10(36)28-18-9-14(34-35(18)2)13-6-12(27)7-16(20(13)39-3)29-15-8-17(30-21(37)11-4-5-11)32-33-19(15)22(38)31-23(24,25)26/h6-9,11H,4-5H2,1-3H3,(H,28,36)(H,31,38)(H2,29,30,32,37). The molecule has 3 aromatic rings. The first-order valence-corrected chi connectivity index (χ1v) is 11.7. The summed E-state index contributed by atoms with van der Waals surface area (Å²) >= 11 is 0. The number of nitrogens with zero attached hydrogens (tertiary/aromatic N) is 4. The molecule has 194 valence electrons. The minimum Gasteiger partial charge on any atom is -0.494 e. The molecule has 1 aliphatic rings. The Morgan fingerprint density at radius 3 is 2.41 bits per heavy atom. The molecular formula is C23H22B3FN8O4. The van der Waals surface area contributed by atoms with Gasteiger partial charge in [-0.15, -0.1) is 10.2 Å².